The van der Waals surface area contributed by atoms with Gasteiger partial charge in [0.1, 0.15) is 0 Å². The lowest BCUT2D eigenvalue weighted by Gasteiger charge is -2.41. The van der Waals surface area contributed by atoms with Gasteiger partial charge in [0.15, 0.2) is 0 Å². The first-order valence-electron chi connectivity index (χ1n) is 10.1. The topological polar surface area (TPSA) is 48.1 Å². The molecule has 0 bridgehead atoms. The van der Waals surface area contributed by atoms with E-state index in [2.05, 4.69) is 52.6 Å². The van der Waals surface area contributed by atoms with Crippen molar-refractivity contribution >= 4 is 22.4 Å². The van der Waals surface area contributed by atoms with E-state index >= 15 is 0 Å². The minimum atomic E-state index is -0.0329. The molecule has 1 saturated carbocycles. The van der Waals surface area contributed by atoms with Crippen LogP contribution in [0.2, 0.25) is 0 Å². The van der Waals surface area contributed by atoms with E-state index in [4.69, 9.17) is 0 Å². The highest BCUT2D eigenvalue weighted by Crippen LogP contribution is 2.44. The van der Waals surface area contributed by atoms with Crippen LogP contribution in [-0.4, -0.2) is 41.0 Å². The molecule has 2 atom stereocenters. The third-order valence-corrected chi connectivity index (χ3v) is 6.24. The molecule has 5 rings (SSSR count). The first kappa shape index (κ1) is 16.1. The average molecular weight is 349 g/mol. The summed E-state index contributed by atoms with van der Waals surface area (Å²) in [6.45, 7) is 3.82. The second-order valence-corrected chi connectivity index (χ2v) is 8.06. The second-order valence-electron chi connectivity index (χ2n) is 8.06. The highest BCUT2D eigenvalue weighted by atomic mass is 16.1. The molecule has 4 heteroatoms. The molecule has 2 heterocycles. The van der Waals surface area contributed by atoms with Crippen molar-refractivity contribution in [1.82, 2.24) is 15.2 Å². The number of aromatic amines is 1. The number of H-pyrrole nitrogens is 1. The van der Waals surface area contributed by atoms with Crippen molar-refractivity contribution in [2.24, 2.45) is 5.92 Å². The van der Waals surface area contributed by atoms with Crippen molar-refractivity contribution in [1.29, 1.82) is 0 Å². The Morgan fingerprint density at radius 1 is 1.35 bits per heavy atom. The Kier molecular flexibility index (Phi) is 3.89. The van der Waals surface area contributed by atoms with Gasteiger partial charge in [-0.1, -0.05) is 31.6 Å². The summed E-state index contributed by atoms with van der Waals surface area (Å²) in [5.41, 5.74) is 5.33. The van der Waals surface area contributed by atoms with Crippen molar-refractivity contribution in [2.45, 2.75) is 51.1 Å². The van der Waals surface area contributed by atoms with Gasteiger partial charge in [-0.15, -0.1) is 0 Å². The molecule has 1 fully saturated rings. The smallest absolute Gasteiger partial charge is 0.228 e. The molecule has 4 nitrogen and oxygen atoms in total. The molecule has 2 N–H and O–H groups in total. The van der Waals surface area contributed by atoms with Crippen LogP contribution in [0.15, 0.2) is 30.5 Å². The second kappa shape index (κ2) is 6.27. The number of aromatic nitrogens is 1. The number of hydrogen-bond donors (Lipinski definition) is 2. The summed E-state index contributed by atoms with van der Waals surface area (Å²) < 4.78 is 0. The third-order valence-electron chi connectivity index (χ3n) is 6.24. The summed E-state index contributed by atoms with van der Waals surface area (Å²) in [5.74, 6) is 0.163. The van der Waals surface area contributed by atoms with Crippen LogP contribution >= 0.6 is 0 Å². The maximum absolute atomic E-state index is 12.8. The average Bonchev–Trinajstić information content (AvgIpc) is 3.43. The molecular weight excluding hydrogens is 322 g/mol. The SMILES string of the molecule is CCCCNC(=O)C1C=C2c3cccc4[nH]cc(c34)CC2N(C2CC2)C1. The summed E-state index contributed by atoms with van der Waals surface area (Å²) >= 11 is 0. The minimum Gasteiger partial charge on any atom is -0.361 e. The van der Waals surface area contributed by atoms with Crippen LogP contribution in [-0.2, 0) is 11.2 Å². The Morgan fingerprint density at radius 3 is 3.04 bits per heavy atom. The van der Waals surface area contributed by atoms with Crippen molar-refractivity contribution < 1.29 is 4.79 Å². The lowest BCUT2D eigenvalue weighted by molar-refractivity contribution is -0.124. The fourth-order valence-electron chi connectivity index (χ4n) is 4.76. The number of carbonyl (C=O) groups excluding carboxylic acids is 1. The highest BCUT2D eigenvalue weighted by Gasteiger charge is 2.43. The number of rotatable bonds is 5. The molecule has 0 spiro atoms. The van der Waals surface area contributed by atoms with Crippen LogP contribution in [0.25, 0.3) is 16.5 Å². The monoisotopic (exact) mass is 349 g/mol. The van der Waals surface area contributed by atoms with Gasteiger partial charge in [-0.3, -0.25) is 9.69 Å². The Balaban J connectivity index is 1.53. The van der Waals surface area contributed by atoms with Gasteiger partial charge in [0.2, 0.25) is 5.91 Å². The number of benzene rings is 1. The van der Waals surface area contributed by atoms with Gasteiger partial charge in [-0.25, -0.2) is 0 Å². The van der Waals surface area contributed by atoms with Crippen LogP contribution in [0.4, 0.5) is 0 Å². The zero-order valence-electron chi connectivity index (χ0n) is 15.4. The van der Waals surface area contributed by atoms with Crippen LogP contribution in [0, 0.1) is 5.92 Å². The number of hydrogen-bond acceptors (Lipinski definition) is 2. The zero-order chi connectivity index (χ0) is 17.7. The quantitative estimate of drug-likeness (QED) is 0.812. The predicted molar refractivity (Wildman–Crippen MR) is 105 cm³/mol. The van der Waals surface area contributed by atoms with Gasteiger partial charge < -0.3 is 10.3 Å². The molecule has 136 valence electrons. The van der Waals surface area contributed by atoms with E-state index in [0.29, 0.717) is 12.1 Å². The molecule has 3 aliphatic rings. The Morgan fingerprint density at radius 2 is 2.23 bits per heavy atom. The minimum absolute atomic E-state index is 0.0329. The molecule has 0 radical (unpaired) electrons. The van der Waals surface area contributed by atoms with E-state index < -0.39 is 0 Å². The first-order valence-corrected chi connectivity index (χ1v) is 10.1. The Hall–Kier alpha value is -2.07. The number of unbranched alkanes of at least 4 members (excludes halogenated alkanes) is 1. The van der Waals surface area contributed by atoms with E-state index in [1.807, 2.05) is 0 Å². The third kappa shape index (κ3) is 2.59. The van der Waals surface area contributed by atoms with E-state index in [1.165, 1.54) is 40.4 Å². The molecule has 2 aromatic rings. The molecule has 1 aromatic carbocycles. The summed E-state index contributed by atoms with van der Waals surface area (Å²) in [6, 6.07) is 7.61. The Bertz CT molecular complexity index is 877. The van der Waals surface area contributed by atoms with Gasteiger partial charge >= 0.3 is 0 Å². The maximum Gasteiger partial charge on any atom is 0.228 e. The van der Waals surface area contributed by atoms with Crippen molar-refractivity contribution in [3.8, 4) is 0 Å². The summed E-state index contributed by atoms with van der Waals surface area (Å²) in [5, 5.41) is 4.51. The van der Waals surface area contributed by atoms with Gasteiger partial charge in [-0.2, -0.15) is 0 Å². The van der Waals surface area contributed by atoms with Crippen LogP contribution in [0.5, 0.6) is 0 Å². The summed E-state index contributed by atoms with van der Waals surface area (Å²) in [6.07, 6.45) is 10.2. The highest BCUT2D eigenvalue weighted by molar-refractivity contribution is 5.99. The molecule has 0 saturated heterocycles. The summed E-state index contributed by atoms with van der Waals surface area (Å²) in [7, 11) is 0. The Labute approximate surface area is 154 Å². The van der Waals surface area contributed by atoms with Crippen molar-refractivity contribution in [2.75, 3.05) is 13.1 Å². The fraction of sp³-hybridized carbons (Fsp3) is 0.500. The van der Waals surface area contributed by atoms with Crippen LogP contribution in [0.3, 0.4) is 0 Å². The molecule has 1 amide bonds. The molecule has 1 aliphatic heterocycles. The molecular formula is C22H27N3O. The zero-order valence-corrected chi connectivity index (χ0v) is 15.4. The normalized spacial score (nSPS) is 25.0. The van der Waals surface area contributed by atoms with E-state index in [0.717, 1.165) is 32.4 Å². The van der Waals surface area contributed by atoms with Crippen molar-refractivity contribution in [3.63, 3.8) is 0 Å². The van der Waals surface area contributed by atoms with Crippen molar-refractivity contribution in [3.05, 3.63) is 41.6 Å². The lowest BCUT2D eigenvalue weighted by Crippen LogP contribution is -2.49. The molecule has 2 unspecified atom stereocenters. The number of carbonyl (C=O) groups is 1. The van der Waals surface area contributed by atoms with Gasteiger partial charge in [0, 0.05) is 42.3 Å². The molecule has 1 aromatic heterocycles. The predicted octanol–water partition coefficient (Wildman–Crippen LogP) is 3.49. The van der Waals surface area contributed by atoms with Gasteiger partial charge in [0.05, 0.1) is 5.92 Å². The van der Waals surface area contributed by atoms with E-state index in [9.17, 15) is 4.79 Å². The van der Waals surface area contributed by atoms with Crippen LogP contribution in [0.1, 0.15) is 43.7 Å². The van der Waals surface area contributed by atoms with Gasteiger partial charge in [-0.05, 0) is 48.4 Å². The number of amides is 1. The van der Waals surface area contributed by atoms with E-state index in [-0.39, 0.29) is 11.8 Å². The maximum atomic E-state index is 12.8. The first-order chi connectivity index (χ1) is 12.8. The lowest BCUT2D eigenvalue weighted by atomic mass is 9.79. The standard InChI is InChI=1S/C22H27N3O/c1-2-3-9-23-22(26)15-10-18-17-5-4-6-19-21(17)14(12-24-19)11-20(18)25(13-15)16-7-8-16/h4-6,10,12,15-16,20,24H,2-3,7-9,11,13H2,1H3,(H,23,26). The number of nitrogens with one attached hydrogen (secondary N) is 2. The molecule has 26 heavy (non-hydrogen) atoms. The fourth-order valence-corrected chi connectivity index (χ4v) is 4.76. The number of fused-ring (bicyclic) bond motifs is 2. The number of nitrogens with zero attached hydrogens (tertiary/aromatic N) is 1. The van der Waals surface area contributed by atoms with Crippen LogP contribution < -0.4 is 5.32 Å². The molecule has 2 aliphatic carbocycles. The largest absolute Gasteiger partial charge is 0.361 e. The van der Waals surface area contributed by atoms with Gasteiger partial charge in [0.25, 0.3) is 0 Å². The summed E-state index contributed by atoms with van der Waals surface area (Å²) in [4.78, 5) is 18.8. The van der Waals surface area contributed by atoms with E-state index in [1.54, 1.807) is 0 Å².